The summed E-state index contributed by atoms with van der Waals surface area (Å²) >= 11 is 8.09. The van der Waals surface area contributed by atoms with Crippen LogP contribution in [0, 0.1) is 0 Å². The van der Waals surface area contributed by atoms with Crippen molar-refractivity contribution in [3.8, 4) is 10.4 Å². The minimum absolute atomic E-state index is 0.420. The van der Waals surface area contributed by atoms with Crippen LogP contribution in [0.2, 0.25) is 5.02 Å². The molecule has 98 valence electrons. The van der Waals surface area contributed by atoms with E-state index in [1.54, 1.807) is 11.3 Å². The van der Waals surface area contributed by atoms with Crippen molar-refractivity contribution in [1.82, 2.24) is 0 Å². The molecule has 1 N–H and O–H groups in total. The Balaban J connectivity index is 1.91. The van der Waals surface area contributed by atoms with Crippen LogP contribution in [0.4, 0.5) is 0 Å². The third-order valence-corrected chi connectivity index (χ3v) is 5.04. The lowest BCUT2D eigenvalue weighted by atomic mass is 9.78. The number of benzene rings is 2. The minimum Gasteiger partial charge on any atom is -0.423 e. The third-order valence-electron chi connectivity index (χ3n) is 3.58. The van der Waals surface area contributed by atoms with E-state index in [9.17, 15) is 5.02 Å². The molecule has 0 spiro atoms. The first-order valence-electron chi connectivity index (χ1n) is 6.33. The highest BCUT2D eigenvalue weighted by atomic mass is 35.5. The van der Waals surface area contributed by atoms with E-state index < -0.39 is 7.12 Å². The lowest BCUT2D eigenvalue weighted by molar-refractivity contribution is 0.275. The molecule has 2 nitrogen and oxygen atoms in total. The molecule has 2 aromatic carbocycles. The van der Waals surface area contributed by atoms with Crippen LogP contribution in [0.15, 0.2) is 42.5 Å². The lowest BCUT2D eigenvalue weighted by Gasteiger charge is -2.05. The Morgan fingerprint density at radius 3 is 2.90 bits per heavy atom. The largest absolute Gasteiger partial charge is 0.491 e. The molecular weight excluding hydrogens is 290 g/mol. The molecule has 1 aromatic heterocycles. The Morgan fingerprint density at radius 2 is 2.05 bits per heavy atom. The predicted molar refractivity (Wildman–Crippen MR) is 84.7 cm³/mol. The second kappa shape index (κ2) is 4.60. The van der Waals surface area contributed by atoms with Gasteiger partial charge in [-0.15, -0.1) is 11.3 Å². The first-order chi connectivity index (χ1) is 9.72. The average Bonchev–Trinajstić information content (AvgIpc) is 3.02. The molecule has 3 aromatic rings. The summed E-state index contributed by atoms with van der Waals surface area (Å²) in [5, 5.41) is 11.7. The number of hydrogen-bond donors (Lipinski definition) is 1. The maximum atomic E-state index is 9.82. The number of halogens is 1. The Morgan fingerprint density at radius 1 is 1.20 bits per heavy atom. The standard InChI is InChI=1S/C15H10BClO2S/c17-13-5-10-8-19-16(18)12(10)7-11(13)15-6-9-3-1-2-4-14(9)20-15/h1-7,18H,8H2. The second-order valence-electron chi connectivity index (χ2n) is 4.84. The maximum Gasteiger partial charge on any atom is 0.491 e. The summed E-state index contributed by atoms with van der Waals surface area (Å²) in [6, 6.07) is 14.2. The highest BCUT2D eigenvalue weighted by molar-refractivity contribution is 7.22. The van der Waals surface area contributed by atoms with Gasteiger partial charge < -0.3 is 9.68 Å². The molecule has 4 rings (SSSR count). The van der Waals surface area contributed by atoms with Crippen LogP contribution < -0.4 is 5.46 Å². The highest BCUT2D eigenvalue weighted by Crippen LogP contribution is 2.37. The van der Waals surface area contributed by atoms with Gasteiger partial charge in [0.2, 0.25) is 0 Å². The fourth-order valence-electron chi connectivity index (χ4n) is 2.55. The molecule has 0 radical (unpaired) electrons. The molecule has 0 amide bonds. The molecule has 0 fully saturated rings. The number of hydrogen-bond acceptors (Lipinski definition) is 3. The molecule has 0 unspecified atom stereocenters. The Kier molecular flexibility index (Phi) is 2.86. The summed E-state index contributed by atoms with van der Waals surface area (Å²) in [6.07, 6.45) is 0. The van der Waals surface area contributed by atoms with Crippen molar-refractivity contribution in [2.45, 2.75) is 6.61 Å². The molecule has 0 atom stereocenters. The molecule has 1 aliphatic heterocycles. The Labute approximate surface area is 125 Å². The van der Waals surface area contributed by atoms with Gasteiger partial charge in [-0.2, -0.15) is 0 Å². The molecule has 0 saturated heterocycles. The number of thiophene rings is 1. The van der Waals surface area contributed by atoms with Crippen molar-refractivity contribution in [3.05, 3.63) is 53.1 Å². The van der Waals surface area contributed by atoms with E-state index >= 15 is 0 Å². The van der Waals surface area contributed by atoms with Crippen molar-refractivity contribution in [2.24, 2.45) is 0 Å². The van der Waals surface area contributed by atoms with Crippen molar-refractivity contribution in [3.63, 3.8) is 0 Å². The van der Waals surface area contributed by atoms with Crippen LogP contribution in [0.1, 0.15) is 5.56 Å². The van der Waals surface area contributed by atoms with Crippen LogP contribution in [-0.2, 0) is 11.3 Å². The van der Waals surface area contributed by atoms with Crippen molar-refractivity contribution >= 4 is 45.6 Å². The van der Waals surface area contributed by atoms with Crippen LogP contribution in [0.25, 0.3) is 20.5 Å². The van der Waals surface area contributed by atoms with Gasteiger partial charge >= 0.3 is 7.12 Å². The van der Waals surface area contributed by atoms with Gasteiger partial charge in [0.05, 0.1) is 6.61 Å². The summed E-state index contributed by atoms with van der Waals surface area (Å²) < 4.78 is 6.46. The Hall–Kier alpha value is -1.33. The van der Waals surface area contributed by atoms with E-state index in [1.165, 1.54) is 10.1 Å². The molecule has 0 bridgehead atoms. The van der Waals surface area contributed by atoms with Gasteiger partial charge in [-0.05, 0) is 34.6 Å². The summed E-state index contributed by atoms with van der Waals surface area (Å²) in [7, 11) is -0.838. The quantitative estimate of drug-likeness (QED) is 0.698. The van der Waals surface area contributed by atoms with Crippen molar-refractivity contribution in [2.75, 3.05) is 0 Å². The fraction of sp³-hybridized carbons (Fsp3) is 0.0667. The molecule has 5 heteroatoms. The second-order valence-corrected chi connectivity index (χ2v) is 6.33. The molecule has 2 heterocycles. The maximum absolute atomic E-state index is 9.82. The molecule has 1 aliphatic rings. The van der Waals surface area contributed by atoms with E-state index in [0.29, 0.717) is 11.6 Å². The topological polar surface area (TPSA) is 29.5 Å². The van der Waals surface area contributed by atoms with Gasteiger partial charge in [0.25, 0.3) is 0 Å². The lowest BCUT2D eigenvalue weighted by Crippen LogP contribution is -2.28. The van der Waals surface area contributed by atoms with E-state index in [1.807, 2.05) is 24.3 Å². The van der Waals surface area contributed by atoms with Gasteiger partial charge in [-0.25, -0.2) is 0 Å². The van der Waals surface area contributed by atoms with Gasteiger partial charge in [0, 0.05) is 20.2 Å². The zero-order valence-electron chi connectivity index (χ0n) is 10.5. The predicted octanol–water partition coefficient (Wildman–Crippen LogP) is 3.44. The summed E-state index contributed by atoms with van der Waals surface area (Å²) in [5.41, 5.74) is 2.74. The van der Waals surface area contributed by atoms with E-state index in [2.05, 4.69) is 18.2 Å². The van der Waals surface area contributed by atoms with E-state index in [4.69, 9.17) is 16.3 Å². The SMILES string of the molecule is OB1OCc2cc(Cl)c(-c3cc4ccccc4s3)cc21. The van der Waals surface area contributed by atoms with Crippen LogP contribution in [0.3, 0.4) is 0 Å². The summed E-state index contributed by atoms with van der Waals surface area (Å²) in [6.45, 7) is 0.420. The Bertz CT molecular complexity index is 782. The zero-order chi connectivity index (χ0) is 13.7. The first-order valence-corrected chi connectivity index (χ1v) is 7.53. The van der Waals surface area contributed by atoms with Gasteiger partial charge in [-0.3, -0.25) is 0 Å². The zero-order valence-corrected chi connectivity index (χ0v) is 12.0. The van der Waals surface area contributed by atoms with Crippen molar-refractivity contribution in [1.29, 1.82) is 0 Å². The monoisotopic (exact) mass is 300 g/mol. The molecule has 0 aliphatic carbocycles. The number of rotatable bonds is 1. The first kappa shape index (κ1) is 12.4. The minimum atomic E-state index is -0.838. The molecule has 0 saturated carbocycles. The van der Waals surface area contributed by atoms with Crippen molar-refractivity contribution < 1.29 is 9.68 Å². The van der Waals surface area contributed by atoms with Gasteiger partial charge in [-0.1, -0.05) is 35.9 Å². The van der Waals surface area contributed by atoms with E-state index in [-0.39, 0.29) is 0 Å². The highest BCUT2D eigenvalue weighted by Gasteiger charge is 2.28. The molecule has 20 heavy (non-hydrogen) atoms. The summed E-state index contributed by atoms with van der Waals surface area (Å²) in [4.78, 5) is 1.11. The number of fused-ring (bicyclic) bond motifs is 2. The van der Waals surface area contributed by atoms with Gasteiger partial charge in [0.1, 0.15) is 0 Å². The van der Waals surface area contributed by atoms with E-state index in [0.717, 1.165) is 21.5 Å². The van der Waals surface area contributed by atoms with Crippen LogP contribution in [-0.4, -0.2) is 12.1 Å². The third kappa shape index (κ3) is 1.88. The fourth-order valence-corrected chi connectivity index (χ4v) is 3.99. The van der Waals surface area contributed by atoms with Crippen LogP contribution in [0.5, 0.6) is 0 Å². The molecular formula is C15H10BClO2S. The smallest absolute Gasteiger partial charge is 0.423 e. The normalized spacial score (nSPS) is 14.0. The summed E-state index contributed by atoms with van der Waals surface area (Å²) in [5.74, 6) is 0. The average molecular weight is 301 g/mol. The van der Waals surface area contributed by atoms with Gasteiger partial charge in [0.15, 0.2) is 0 Å². The van der Waals surface area contributed by atoms with Crippen LogP contribution >= 0.6 is 22.9 Å².